The molecule has 3 spiro atoms. The van der Waals surface area contributed by atoms with E-state index in [0.717, 1.165) is 55.7 Å². The van der Waals surface area contributed by atoms with Gasteiger partial charge < -0.3 is 24.6 Å². The van der Waals surface area contributed by atoms with Crippen molar-refractivity contribution in [1.82, 2.24) is 4.90 Å². The van der Waals surface area contributed by atoms with Crippen LogP contribution in [0.2, 0.25) is 0 Å². The van der Waals surface area contributed by atoms with Gasteiger partial charge in [0.15, 0.2) is 11.5 Å². The second kappa shape index (κ2) is 6.80. The van der Waals surface area contributed by atoms with Crippen LogP contribution in [0.5, 0.6) is 11.5 Å². The molecule has 2 aromatic rings. The predicted molar refractivity (Wildman–Crippen MR) is 141 cm³/mol. The number of nitrogens with zero attached hydrogens (tertiary/aromatic N) is 1. The fraction of sp³-hybridized carbons (Fsp3) is 0.562. The van der Waals surface area contributed by atoms with Crippen molar-refractivity contribution in [2.75, 3.05) is 20.2 Å². The Balaban J connectivity index is 1.36. The van der Waals surface area contributed by atoms with Gasteiger partial charge in [0.25, 0.3) is 0 Å². The van der Waals surface area contributed by atoms with Crippen LogP contribution in [0.15, 0.2) is 54.6 Å². The molecule has 4 bridgehead atoms. The first-order valence-corrected chi connectivity index (χ1v) is 14.1. The highest BCUT2D eigenvalue weighted by molar-refractivity contribution is 5.67. The molecule has 0 amide bonds. The summed E-state index contributed by atoms with van der Waals surface area (Å²) in [4.78, 5) is 2.53. The molecule has 5 aliphatic carbocycles. The van der Waals surface area contributed by atoms with Crippen LogP contribution in [-0.2, 0) is 11.8 Å². The molecular formula is C32H37NO4. The van der Waals surface area contributed by atoms with Crippen molar-refractivity contribution < 1.29 is 19.7 Å². The minimum Gasteiger partial charge on any atom is -0.490 e. The summed E-state index contributed by atoms with van der Waals surface area (Å²) in [6.45, 7) is 5.75. The maximum atomic E-state index is 12.9. The van der Waals surface area contributed by atoms with Crippen LogP contribution in [-0.4, -0.2) is 58.7 Å². The number of unbranched alkanes of at least 4 members (excludes halogenated alkanes) is 1. The smallest absolute Gasteiger partial charge is 0.166 e. The molecule has 8 atom stereocenters. The number of aliphatic hydroxyl groups is 2. The van der Waals surface area contributed by atoms with E-state index in [9.17, 15) is 10.2 Å². The van der Waals surface area contributed by atoms with Gasteiger partial charge in [-0.05, 0) is 63.4 Å². The van der Waals surface area contributed by atoms with Gasteiger partial charge in [-0.25, -0.2) is 0 Å². The zero-order chi connectivity index (χ0) is 25.4. The highest BCUT2D eigenvalue weighted by Gasteiger charge is 2.92. The zero-order valence-corrected chi connectivity index (χ0v) is 22.0. The van der Waals surface area contributed by atoms with Gasteiger partial charge in [-0.1, -0.05) is 61.9 Å². The Kier molecular flexibility index (Phi) is 4.16. The Labute approximate surface area is 219 Å². The summed E-state index contributed by atoms with van der Waals surface area (Å²) >= 11 is 0. The largest absolute Gasteiger partial charge is 0.490 e. The minimum absolute atomic E-state index is 0.148. The average molecular weight is 500 g/mol. The van der Waals surface area contributed by atoms with Crippen LogP contribution in [0.25, 0.3) is 0 Å². The number of likely N-dealkylation sites (N-methyl/N-ethyl adjacent to an activating group) is 1. The summed E-state index contributed by atoms with van der Waals surface area (Å²) in [5.41, 5.74) is 0.162. The second-order valence-electron chi connectivity index (χ2n) is 12.9. The van der Waals surface area contributed by atoms with Gasteiger partial charge >= 0.3 is 0 Å². The van der Waals surface area contributed by atoms with E-state index in [1.54, 1.807) is 0 Å². The van der Waals surface area contributed by atoms with Crippen molar-refractivity contribution in [3.05, 3.63) is 71.3 Å². The van der Waals surface area contributed by atoms with Crippen LogP contribution >= 0.6 is 0 Å². The predicted octanol–water partition coefficient (Wildman–Crippen LogP) is 4.35. The SMILES string of the molecule is CCCCOc1ccc2c3c1O[C@@H]1[C@]34CCN(C)[C@H](C2)[C@]42C=C[C@@]1(O)[C@@]1(C2)C(c2ccccc2)[C@]1(C)O. The summed E-state index contributed by atoms with van der Waals surface area (Å²) < 4.78 is 13.3. The van der Waals surface area contributed by atoms with Crippen molar-refractivity contribution in [3.63, 3.8) is 0 Å². The third-order valence-corrected chi connectivity index (χ3v) is 11.7. The second-order valence-corrected chi connectivity index (χ2v) is 12.9. The van der Waals surface area contributed by atoms with Crippen molar-refractivity contribution in [3.8, 4) is 11.5 Å². The van der Waals surface area contributed by atoms with Crippen LogP contribution in [0.1, 0.15) is 62.1 Å². The standard InChI is InChI=1S/C32H37NO4/c1-4-5-17-36-22-12-11-21-18-23-29-13-14-32(35,27-30(29,15-16-33(23)3)24(21)25(22)37-27)31(19-29)26(28(31,2)34)20-9-7-6-8-10-20/h6-14,23,26-27,34-35H,4-5,15-19H2,1-3H3/t23-,26?,27-,28+,29-,30+,31+,32+/m1/s1. The molecule has 2 N–H and O–H groups in total. The van der Waals surface area contributed by atoms with Crippen LogP contribution < -0.4 is 9.47 Å². The first-order chi connectivity index (χ1) is 17.8. The summed E-state index contributed by atoms with van der Waals surface area (Å²) in [5.74, 6) is 1.51. The van der Waals surface area contributed by atoms with E-state index in [-0.39, 0.29) is 16.7 Å². The Hall–Kier alpha value is -2.34. The molecule has 1 saturated heterocycles. The summed E-state index contributed by atoms with van der Waals surface area (Å²) in [6.07, 6.45) is 8.65. The molecule has 37 heavy (non-hydrogen) atoms. The zero-order valence-electron chi connectivity index (χ0n) is 22.0. The maximum Gasteiger partial charge on any atom is 0.166 e. The van der Waals surface area contributed by atoms with Crippen LogP contribution in [0, 0.1) is 10.8 Å². The Morgan fingerprint density at radius 1 is 1.11 bits per heavy atom. The lowest BCUT2D eigenvalue weighted by Gasteiger charge is -2.71. The Morgan fingerprint density at radius 3 is 2.70 bits per heavy atom. The third-order valence-electron chi connectivity index (χ3n) is 11.7. The Morgan fingerprint density at radius 2 is 1.92 bits per heavy atom. The van der Waals surface area contributed by atoms with Gasteiger partial charge in [-0.2, -0.15) is 0 Å². The molecule has 9 rings (SSSR count). The van der Waals surface area contributed by atoms with Gasteiger partial charge in [0.05, 0.1) is 17.6 Å². The fourth-order valence-corrected chi connectivity index (χ4v) is 10.1. The number of benzene rings is 2. The monoisotopic (exact) mass is 499 g/mol. The van der Waals surface area contributed by atoms with Gasteiger partial charge in [0.1, 0.15) is 11.7 Å². The molecule has 194 valence electrons. The number of ether oxygens (including phenoxy) is 2. The Bertz CT molecular complexity index is 1340. The van der Waals surface area contributed by atoms with E-state index >= 15 is 0 Å². The van der Waals surface area contributed by atoms with Crippen LogP contribution in [0.4, 0.5) is 0 Å². The maximum absolute atomic E-state index is 12.9. The lowest BCUT2D eigenvalue weighted by atomic mass is 9.36. The van der Waals surface area contributed by atoms with E-state index in [1.165, 1.54) is 11.1 Å². The van der Waals surface area contributed by atoms with Crippen molar-refractivity contribution in [2.24, 2.45) is 10.8 Å². The van der Waals surface area contributed by atoms with Gasteiger partial charge in [0.2, 0.25) is 0 Å². The molecule has 0 aromatic heterocycles. The van der Waals surface area contributed by atoms with Crippen molar-refractivity contribution >= 4 is 0 Å². The summed E-state index contributed by atoms with van der Waals surface area (Å²) in [5, 5.41) is 25.0. The molecule has 2 heterocycles. The van der Waals surface area contributed by atoms with E-state index in [1.807, 2.05) is 31.2 Å². The van der Waals surface area contributed by atoms with E-state index in [2.05, 4.69) is 49.2 Å². The lowest BCUT2D eigenvalue weighted by molar-refractivity contribution is -0.225. The van der Waals surface area contributed by atoms with Crippen molar-refractivity contribution in [2.45, 2.75) is 80.6 Å². The third kappa shape index (κ3) is 2.21. The highest BCUT2D eigenvalue weighted by Crippen LogP contribution is 2.86. The lowest BCUT2D eigenvalue weighted by Crippen LogP contribution is -2.80. The normalized spacial score (nSPS) is 45.6. The molecular weight excluding hydrogens is 462 g/mol. The molecule has 3 fully saturated rings. The molecule has 1 unspecified atom stereocenters. The number of hydrogen-bond acceptors (Lipinski definition) is 5. The number of piperidine rings is 1. The molecule has 0 radical (unpaired) electrons. The summed E-state index contributed by atoms with van der Waals surface area (Å²) in [6, 6.07) is 14.9. The quantitative estimate of drug-likeness (QED) is 0.473. The summed E-state index contributed by atoms with van der Waals surface area (Å²) in [7, 11) is 2.25. The molecule has 2 aromatic carbocycles. The minimum atomic E-state index is -1.28. The van der Waals surface area contributed by atoms with E-state index in [4.69, 9.17) is 9.47 Å². The average Bonchev–Trinajstić information content (AvgIpc) is 3.16. The molecule has 5 heteroatoms. The van der Waals surface area contributed by atoms with Crippen molar-refractivity contribution in [1.29, 1.82) is 0 Å². The number of rotatable bonds is 5. The number of likely N-dealkylation sites (tertiary alicyclic amines) is 1. The first-order valence-electron chi connectivity index (χ1n) is 14.1. The van der Waals surface area contributed by atoms with Gasteiger partial charge in [-0.15, -0.1) is 0 Å². The molecule has 5 nitrogen and oxygen atoms in total. The highest BCUT2D eigenvalue weighted by atomic mass is 16.5. The molecule has 2 aliphatic heterocycles. The number of hydrogen-bond donors (Lipinski definition) is 2. The van der Waals surface area contributed by atoms with E-state index < -0.39 is 22.7 Å². The topological polar surface area (TPSA) is 62.2 Å². The van der Waals surface area contributed by atoms with Gasteiger partial charge in [-0.3, -0.25) is 0 Å². The van der Waals surface area contributed by atoms with E-state index in [0.29, 0.717) is 12.6 Å². The fourth-order valence-electron chi connectivity index (χ4n) is 10.1. The molecule has 7 aliphatic rings. The first kappa shape index (κ1) is 22.6. The van der Waals surface area contributed by atoms with Crippen LogP contribution in [0.3, 0.4) is 0 Å². The van der Waals surface area contributed by atoms with Gasteiger partial charge in [0, 0.05) is 28.4 Å². The molecule has 2 saturated carbocycles.